The molecule has 160 valence electrons. The monoisotopic (exact) mass is 393 g/mol. The quantitative estimate of drug-likeness (QED) is 0.237. The molecule has 1 amide bonds. The van der Waals surface area contributed by atoms with Gasteiger partial charge in [-0.3, -0.25) is 9.59 Å². The van der Waals surface area contributed by atoms with Gasteiger partial charge in [-0.05, 0) is 45.6 Å². The number of ketones is 1. The maximum atomic E-state index is 11.4. The zero-order valence-electron chi connectivity index (χ0n) is 18.5. The number of hydrogen-bond acceptors (Lipinski definition) is 5. The molecule has 0 saturated carbocycles. The highest BCUT2D eigenvalue weighted by atomic mass is 32.1. The van der Waals surface area contributed by atoms with Gasteiger partial charge in [0.25, 0.3) is 0 Å². The van der Waals surface area contributed by atoms with E-state index in [1.54, 1.807) is 0 Å². The molecule has 5 nitrogen and oxygen atoms in total. The van der Waals surface area contributed by atoms with Crippen LogP contribution < -0.4 is 16.8 Å². The summed E-state index contributed by atoms with van der Waals surface area (Å²) in [4.78, 5) is 21.5. The third-order valence-corrected chi connectivity index (χ3v) is 3.56. The lowest BCUT2D eigenvalue weighted by Gasteiger charge is -2.19. The Hall–Kier alpha value is -0.590. The van der Waals surface area contributed by atoms with Crippen molar-refractivity contribution in [1.82, 2.24) is 5.32 Å². The summed E-state index contributed by atoms with van der Waals surface area (Å²) in [5.41, 5.74) is 11.1. The molecular formula is C20H47N3O2S. The Morgan fingerprint density at radius 3 is 1.88 bits per heavy atom. The van der Waals surface area contributed by atoms with E-state index in [1.165, 1.54) is 13.3 Å². The molecule has 0 saturated heterocycles. The third-order valence-electron chi connectivity index (χ3n) is 3.02. The van der Waals surface area contributed by atoms with Crippen LogP contribution in [-0.4, -0.2) is 29.7 Å². The number of hydrogen-bond donors (Lipinski definition) is 4. The van der Waals surface area contributed by atoms with Gasteiger partial charge in [0.15, 0.2) is 5.78 Å². The second-order valence-corrected chi connectivity index (χ2v) is 6.39. The van der Waals surface area contributed by atoms with E-state index in [0.717, 1.165) is 32.1 Å². The van der Waals surface area contributed by atoms with Crippen LogP contribution in [0.25, 0.3) is 0 Å². The van der Waals surface area contributed by atoms with Crippen molar-refractivity contribution in [3.05, 3.63) is 0 Å². The minimum atomic E-state index is -1.04. The topological polar surface area (TPSA) is 98.2 Å². The summed E-state index contributed by atoms with van der Waals surface area (Å²) in [5, 5.41) is 2.85. The number of carbonyl (C=O) groups is 2. The van der Waals surface area contributed by atoms with Crippen LogP contribution in [0.4, 0.5) is 0 Å². The van der Waals surface area contributed by atoms with Crippen molar-refractivity contribution in [2.24, 2.45) is 11.5 Å². The smallest absolute Gasteiger partial charge is 0.219 e. The molecule has 6 heteroatoms. The Morgan fingerprint density at radius 1 is 0.962 bits per heavy atom. The molecule has 0 rings (SSSR count). The zero-order chi connectivity index (χ0) is 21.4. The number of nitrogens with two attached hydrogens (primary N) is 2. The summed E-state index contributed by atoms with van der Waals surface area (Å²) in [5.74, 6) is -0.0479. The molecule has 0 aliphatic carbocycles. The van der Waals surface area contributed by atoms with E-state index in [-0.39, 0.29) is 11.7 Å². The first-order valence-corrected chi connectivity index (χ1v) is 10.8. The molecule has 0 bridgehead atoms. The molecule has 0 radical (unpaired) electrons. The van der Waals surface area contributed by atoms with Gasteiger partial charge in [-0.2, -0.15) is 0 Å². The molecule has 0 unspecified atom stereocenters. The van der Waals surface area contributed by atoms with Crippen molar-refractivity contribution in [2.75, 3.05) is 13.1 Å². The highest BCUT2D eigenvalue weighted by Crippen LogP contribution is 2.16. The summed E-state index contributed by atoms with van der Waals surface area (Å²) < 4.78 is 0. The largest absolute Gasteiger partial charge is 0.356 e. The number of carbonyl (C=O) groups excluding carboxylic acids is 2. The minimum absolute atomic E-state index is 0.0773. The first kappa shape index (κ1) is 33.0. The van der Waals surface area contributed by atoms with Gasteiger partial charge < -0.3 is 16.8 Å². The normalized spacial score (nSPS) is 11.3. The van der Waals surface area contributed by atoms with Gasteiger partial charge in [-0.15, -0.1) is 12.6 Å². The molecule has 0 aromatic carbocycles. The number of thiol groups is 1. The van der Waals surface area contributed by atoms with Crippen molar-refractivity contribution in [2.45, 2.75) is 105 Å². The van der Waals surface area contributed by atoms with E-state index in [1.807, 2.05) is 27.7 Å². The predicted molar refractivity (Wildman–Crippen MR) is 120 cm³/mol. The second-order valence-electron chi connectivity index (χ2n) is 5.59. The molecule has 0 aromatic heterocycles. The average molecular weight is 394 g/mol. The van der Waals surface area contributed by atoms with Crippen LogP contribution in [0.2, 0.25) is 0 Å². The number of Topliss-reactive ketones (excluding diaryl/α,β-unsaturated/α-hetero) is 1. The first-order valence-electron chi connectivity index (χ1n) is 10.3. The van der Waals surface area contributed by atoms with Crippen LogP contribution in [0.1, 0.15) is 99.8 Å². The molecule has 1 atom stereocenters. The van der Waals surface area contributed by atoms with Crippen LogP contribution in [-0.2, 0) is 9.59 Å². The molecule has 26 heavy (non-hydrogen) atoms. The molecule has 0 aliphatic rings. The second kappa shape index (κ2) is 26.6. The highest BCUT2D eigenvalue weighted by Gasteiger charge is 2.24. The standard InChI is InChI=1S/C13H27N3O2S.C3H8.2C2H6/c1-11(17)13(15,19)8-4-6-10-16-12(18)7-3-2-5-9-14;1-3-2;2*1-2/h19H,2-10,14-15H2,1H3,(H,16,18);3H2,1-2H3;2*1-2H3/t13-;;;/m0.../s1. The van der Waals surface area contributed by atoms with E-state index < -0.39 is 4.87 Å². The van der Waals surface area contributed by atoms with Gasteiger partial charge in [-0.25, -0.2) is 0 Å². The fourth-order valence-electron chi connectivity index (χ4n) is 1.62. The molecule has 0 spiro atoms. The van der Waals surface area contributed by atoms with Gasteiger partial charge >= 0.3 is 0 Å². The number of amides is 1. The van der Waals surface area contributed by atoms with Crippen molar-refractivity contribution in [3.63, 3.8) is 0 Å². The van der Waals surface area contributed by atoms with Crippen molar-refractivity contribution >= 4 is 24.3 Å². The fraction of sp³-hybridized carbons (Fsp3) is 0.900. The lowest BCUT2D eigenvalue weighted by molar-refractivity contribution is -0.121. The van der Waals surface area contributed by atoms with E-state index in [9.17, 15) is 9.59 Å². The Morgan fingerprint density at radius 2 is 1.46 bits per heavy atom. The number of nitrogens with one attached hydrogen (secondary N) is 1. The maximum absolute atomic E-state index is 11.4. The van der Waals surface area contributed by atoms with Gasteiger partial charge in [0.1, 0.15) is 4.87 Å². The Balaban J connectivity index is -0.000000302. The SMILES string of the molecule is CC.CC.CC(=O)[C@@](N)(S)CCCCNC(=O)CCCCCN.CCC. The summed E-state index contributed by atoms with van der Waals surface area (Å²) in [7, 11) is 0. The van der Waals surface area contributed by atoms with Gasteiger partial charge in [-0.1, -0.05) is 54.4 Å². The van der Waals surface area contributed by atoms with Crippen LogP contribution >= 0.6 is 12.6 Å². The van der Waals surface area contributed by atoms with E-state index in [4.69, 9.17) is 11.5 Å². The van der Waals surface area contributed by atoms with Gasteiger partial charge in [0.2, 0.25) is 5.91 Å². The predicted octanol–water partition coefficient (Wildman–Crippen LogP) is 4.43. The Kier molecular flexibility index (Phi) is 33.8. The third kappa shape index (κ3) is 28.2. The van der Waals surface area contributed by atoms with E-state index >= 15 is 0 Å². The molecular weight excluding hydrogens is 346 g/mol. The summed E-state index contributed by atoms with van der Waals surface area (Å²) in [6.45, 7) is 15.0. The van der Waals surface area contributed by atoms with Gasteiger partial charge in [0, 0.05) is 13.0 Å². The van der Waals surface area contributed by atoms with Crippen LogP contribution in [0.15, 0.2) is 0 Å². The zero-order valence-corrected chi connectivity index (χ0v) is 19.4. The number of rotatable bonds is 11. The van der Waals surface area contributed by atoms with E-state index in [2.05, 4.69) is 31.8 Å². The van der Waals surface area contributed by atoms with Crippen LogP contribution in [0.5, 0.6) is 0 Å². The average Bonchev–Trinajstić information content (AvgIpc) is 2.62. The van der Waals surface area contributed by atoms with Gasteiger partial charge in [0.05, 0.1) is 0 Å². The molecule has 0 fully saturated rings. The molecule has 5 N–H and O–H groups in total. The summed E-state index contributed by atoms with van der Waals surface area (Å²) in [6, 6.07) is 0. The number of unbranched alkanes of at least 4 members (excludes halogenated alkanes) is 3. The molecule has 0 heterocycles. The first-order chi connectivity index (χ1) is 12.3. The molecule has 0 aromatic rings. The van der Waals surface area contributed by atoms with E-state index in [0.29, 0.717) is 25.9 Å². The van der Waals surface area contributed by atoms with Crippen molar-refractivity contribution in [3.8, 4) is 0 Å². The lowest BCUT2D eigenvalue weighted by atomic mass is 10.1. The maximum Gasteiger partial charge on any atom is 0.219 e. The lowest BCUT2D eigenvalue weighted by Crippen LogP contribution is -2.40. The molecule has 0 aliphatic heterocycles. The fourth-order valence-corrected chi connectivity index (χ4v) is 1.78. The highest BCUT2D eigenvalue weighted by molar-refractivity contribution is 7.82. The van der Waals surface area contributed by atoms with Crippen LogP contribution in [0.3, 0.4) is 0 Å². The van der Waals surface area contributed by atoms with Crippen molar-refractivity contribution in [1.29, 1.82) is 0 Å². The van der Waals surface area contributed by atoms with Crippen LogP contribution in [0, 0.1) is 0 Å². The Labute approximate surface area is 168 Å². The van der Waals surface area contributed by atoms with Crippen molar-refractivity contribution < 1.29 is 9.59 Å². The Bertz CT molecular complexity index is 299. The minimum Gasteiger partial charge on any atom is -0.356 e. The summed E-state index contributed by atoms with van der Waals surface area (Å²) >= 11 is 4.12. The summed E-state index contributed by atoms with van der Waals surface area (Å²) in [6.07, 6.45) is 6.76.